The van der Waals surface area contributed by atoms with E-state index in [1.54, 1.807) is 34.3 Å². The Bertz CT molecular complexity index is 907. The summed E-state index contributed by atoms with van der Waals surface area (Å²) in [5, 5.41) is 1.84. The van der Waals surface area contributed by atoms with Crippen molar-refractivity contribution in [3.63, 3.8) is 0 Å². The van der Waals surface area contributed by atoms with E-state index in [9.17, 15) is 9.59 Å². The minimum atomic E-state index is -0.133. The molecule has 0 N–H and O–H groups in total. The number of fused-ring (bicyclic) bond motifs is 1. The zero-order valence-electron chi connectivity index (χ0n) is 13.6. The van der Waals surface area contributed by atoms with Crippen molar-refractivity contribution in [2.24, 2.45) is 0 Å². The van der Waals surface area contributed by atoms with Crippen molar-refractivity contribution >= 4 is 22.6 Å². The Morgan fingerprint density at radius 2 is 1.68 bits per heavy atom. The highest BCUT2D eigenvalue weighted by molar-refractivity contribution is 6.06. The lowest BCUT2D eigenvalue weighted by Crippen LogP contribution is -2.50. The van der Waals surface area contributed by atoms with Gasteiger partial charge in [0, 0.05) is 49.5 Å². The first-order chi connectivity index (χ1) is 12.2. The molecule has 1 aromatic carbocycles. The number of piperazine rings is 1. The van der Waals surface area contributed by atoms with Crippen molar-refractivity contribution in [2.45, 2.75) is 0 Å². The van der Waals surface area contributed by atoms with Crippen LogP contribution in [0.2, 0.25) is 0 Å². The molecule has 0 bridgehead atoms. The maximum absolute atomic E-state index is 12.9. The monoisotopic (exact) mass is 335 g/mol. The Kier molecular flexibility index (Phi) is 3.93. The molecule has 6 nitrogen and oxygen atoms in total. The van der Waals surface area contributed by atoms with Gasteiger partial charge in [-0.15, -0.1) is 0 Å². The Labute approximate surface area is 144 Å². The van der Waals surface area contributed by atoms with E-state index in [1.807, 2.05) is 24.3 Å². The van der Waals surface area contributed by atoms with Gasteiger partial charge in [0.1, 0.15) is 0 Å². The van der Waals surface area contributed by atoms with Crippen LogP contribution < -0.4 is 0 Å². The van der Waals surface area contributed by atoms with Gasteiger partial charge in [0.15, 0.2) is 5.76 Å². The Morgan fingerprint density at radius 1 is 0.920 bits per heavy atom. The van der Waals surface area contributed by atoms with Gasteiger partial charge in [0.25, 0.3) is 11.8 Å². The Balaban J connectivity index is 1.49. The molecule has 1 aliphatic rings. The first kappa shape index (κ1) is 15.4. The number of carbonyl (C=O) groups is 2. The molecule has 25 heavy (non-hydrogen) atoms. The minimum Gasteiger partial charge on any atom is -0.459 e. The number of aromatic nitrogens is 1. The molecule has 1 fully saturated rings. The molecule has 0 aliphatic carbocycles. The second kappa shape index (κ2) is 6.39. The van der Waals surface area contributed by atoms with Gasteiger partial charge in [-0.25, -0.2) is 0 Å². The fourth-order valence-electron chi connectivity index (χ4n) is 3.14. The zero-order valence-corrected chi connectivity index (χ0v) is 13.6. The van der Waals surface area contributed by atoms with Crippen LogP contribution in [0.3, 0.4) is 0 Å². The summed E-state index contributed by atoms with van der Waals surface area (Å²) in [5.41, 5.74) is 0.649. The van der Waals surface area contributed by atoms with E-state index in [0.29, 0.717) is 37.5 Å². The van der Waals surface area contributed by atoms with Gasteiger partial charge in [-0.05, 0) is 29.7 Å². The van der Waals surface area contributed by atoms with Crippen molar-refractivity contribution < 1.29 is 14.0 Å². The summed E-state index contributed by atoms with van der Waals surface area (Å²) in [6, 6.07) is 10.9. The highest BCUT2D eigenvalue weighted by atomic mass is 16.3. The lowest BCUT2D eigenvalue weighted by Gasteiger charge is -2.34. The number of hydrogen-bond donors (Lipinski definition) is 0. The van der Waals surface area contributed by atoms with Gasteiger partial charge in [-0.2, -0.15) is 0 Å². The third kappa shape index (κ3) is 2.87. The molecule has 2 aromatic heterocycles. The largest absolute Gasteiger partial charge is 0.459 e. The molecular weight excluding hydrogens is 318 g/mol. The summed E-state index contributed by atoms with van der Waals surface area (Å²) in [6.07, 6.45) is 4.93. The van der Waals surface area contributed by atoms with Crippen LogP contribution >= 0.6 is 0 Å². The molecule has 1 aliphatic heterocycles. The summed E-state index contributed by atoms with van der Waals surface area (Å²) in [5.74, 6) is 0.176. The minimum absolute atomic E-state index is 0.0244. The molecule has 0 unspecified atom stereocenters. The van der Waals surface area contributed by atoms with Gasteiger partial charge in [-0.1, -0.05) is 12.1 Å². The molecule has 2 amide bonds. The van der Waals surface area contributed by atoms with Crippen molar-refractivity contribution in [3.8, 4) is 0 Å². The van der Waals surface area contributed by atoms with Crippen LogP contribution in [0.15, 0.2) is 59.5 Å². The molecule has 6 heteroatoms. The fraction of sp³-hybridized carbons (Fsp3) is 0.211. The molecule has 126 valence electrons. The molecule has 0 spiro atoms. The Morgan fingerprint density at radius 3 is 2.40 bits per heavy atom. The first-order valence-electron chi connectivity index (χ1n) is 8.19. The average Bonchev–Trinajstić information content (AvgIpc) is 3.21. The highest BCUT2D eigenvalue weighted by Gasteiger charge is 2.27. The fourth-order valence-corrected chi connectivity index (χ4v) is 3.14. The molecule has 0 atom stereocenters. The number of benzene rings is 1. The van der Waals surface area contributed by atoms with Crippen LogP contribution in [0.4, 0.5) is 0 Å². The van der Waals surface area contributed by atoms with Crippen LogP contribution in [-0.4, -0.2) is 52.8 Å². The molecular formula is C19H17N3O3. The van der Waals surface area contributed by atoms with Gasteiger partial charge >= 0.3 is 0 Å². The van der Waals surface area contributed by atoms with E-state index in [4.69, 9.17) is 4.42 Å². The summed E-state index contributed by atoms with van der Waals surface area (Å²) >= 11 is 0. The molecule has 4 rings (SSSR count). The molecule has 0 saturated carbocycles. The number of amides is 2. The number of hydrogen-bond acceptors (Lipinski definition) is 4. The number of nitrogens with zero attached hydrogens (tertiary/aromatic N) is 3. The summed E-state index contributed by atoms with van der Waals surface area (Å²) in [4.78, 5) is 32.8. The van der Waals surface area contributed by atoms with Gasteiger partial charge in [-0.3, -0.25) is 14.6 Å². The second-order valence-corrected chi connectivity index (χ2v) is 5.96. The third-order valence-electron chi connectivity index (χ3n) is 4.50. The van der Waals surface area contributed by atoms with Crippen molar-refractivity contribution in [1.29, 1.82) is 0 Å². The van der Waals surface area contributed by atoms with Crippen LogP contribution in [-0.2, 0) is 0 Å². The first-order valence-corrected chi connectivity index (χ1v) is 8.19. The molecule has 3 aromatic rings. The number of rotatable bonds is 2. The second-order valence-electron chi connectivity index (χ2n) is 5.96. The average molecular weight is 335 g/mol. The molecule has 0 radical (unpaired) electrons. The quantitative estimate of drug-likeness (QED) is 0.721. The van der Waals surface area contributed by atoms with Crippen molar-refractivity contribution in [2.75, 3.05) is 26.2 Å². The van der Waals surface area contributed by atoms with E-state index in [-0.39, 0.29) is 11.8 Å². The maximum atomic E-state index is 12.9. The van der Waals surface area contributed by atoms with Crippen LogP contribution in [0.25, 0.3) is 10.8 Å². The van der Waals surface area contributed by atoms with Crippen molar-refractivity contribution in [1.82, 2.24) is 14.8 Å². The SMILES string of the molecule is O=C(c1ccco1)N1CCN(C(=O)c2cccc3ccncc23)CC1. The number of furan rings is 1. The zero-order chi connectivity index (χ0) is 17.2. The highest BCUT2D eigenvalue weighted by Crippen LogP contribution is 2.20. The summed E-state index contributed by atoms with van der Waals surface area (Å²) in [7, 11) is 0. The van der Waals surface area contributed by atoms with Gasteiger partial charge in [0.2, 0.25) is 0 Å². The summed E-state index contributed by atoms with van der Waals surface area (Å²) < 4.78 is 5.16. The summed E-state index contributed by atoms with van der Waals surface area (Å²) in [6.45, 7) is 1.99. The molecule has 3 heterocycles. The van der Waals surface area contributed by atoms with E-state index >= 15 is 0 Å². The third-order valence-corrected chi connectivity index (χ3v) is 4.50. The molecule has 1 saturated heterocycles. The van der Waals surface area contributed by atoms with Crippen LogP contribution in [0.1, 0.15) is 20.9 Å². The van der Waals surface area contributed by atoms with Crippen LogP contribution in [0.5, 0.6) is 0 Å². The van der Waals surface area contributed by atoms with Crippen molar-refractivity contribution in [3.05, 3.63) is 66.4 Å². The number of carbonyl (C=O) groups excluding carboxylic acids is 2. The van der Waals surface area contributed by atoms with Gasteiger partial charge < -0.3 is 14.2 Å². The van der Waals surface area contributed by atoms with Crippen LogP contribution in [0, 0.1) is 0 Å². The smallest absolute Gasteiger partial charge is 0.289 e. The Hall–Kier alpha value is -3.15. The van der Waals surface area contributed by atoms with E-state index in [2.05, 4.69) is 4.98 Å². The van der Waals surface area contributed by atoms with E-state index in [1.165, 1.54) is 6.26 Å². The lowest BCUT2D eigenvalue weighted by molar-refractivity contribution is 0.0519. The standard InChI is InChI=1S/C19H17N3O3/c23-18(15-4-1-3-14-6-7-20-13-16(14)15)21-8-10-22(11-9-21)19(24)17-5-2-12-25-17/h1-7,12-13H,8-11H2. The predicted molar refractivity (Wildman–Crippen MR) is 92.3 cm³/mol. The number of pyridine rings is 1. The topological polar surface area (TPSA) is 66.7 Å². The van der Waals surface area contributed by atoms with Gasteiger partial charge in [0.05, 0.1) is 6.26 Å². The maximum Gasteiger partial charge on any atom is 0.289 e. The van der Waals surface area contributed by atoms with E-state index in [0.717, 1.165) is 10.8 Å². The predicted octanol–water partition coefficient (Wildman–Crippen LogP) is 2.43. The normalized spacial score (nSPS) is 14.7. The van der Waals surface area contributed by atoms with E-state index < -0.39 is 0 Å². The lowest BCUT2D eigenvalue weighted by atomic mass is 10.1.